The number of hydrogen-bond donors (Lipinski definition) is 1. The minimum absolute atomic E-state index is 0.0651. The highest BCUT2D eigenvalue weighted by Crippen LogP contribution is 2.47. The van der Waals surface area contributed by atoms with Gasteiger partial charge in [-0.3, -0.25) is 14.5 Å². The number of amides is 2. The summed E-state index contributed by atoms with van der Waals surface area (Å²) in [5.41, 5.74) is 5.61. The van der Waals surface area contributed by atoms with Crippen LogP contribution in [0.2, 0.25) is 0 Å². The summed E-state index contributed by atoms with van der Waals surface area (Å²) in [6.07, 6.45) is 3.23. The van der Waals surface area contributed by atoms with Gasteiger partial charge in [0.2, 0.25) is 11.8 Å². The molecule has 2 aliphatic heterocycles. The van der Waals surface area contributed by atoms with E-state index in [4.69, 9.17) is 5.73 Å². The molecule has 27 heavy (non-hydrogen) atoms. The van der Waals surface area contributed by atoms with Gasteiger partial charge in [0.25, 0.3) is 0 Å². The van der Waals surface area contributed by atoms with Crippen LogP contribution in [0.4, 0.5) is 10.1 Å². The second-order valence-electron chi connectivity index (χ2n) is 7.99. The molecule has 7 heteroatoms. The Labute approximate surface area is 159 Å². The molecule has 0 radical (unpaired) electrons. The molecule has 6 nitrogen and oxygen atoms in total. The first-order valence-corrected chi connectivity index (χ1v) is 9.83. The number of nitrogens with zero attached hydrogens (tertiary/aromatic N) is 3. The van der Waals surface area contributed by atoms with Crippen molar-refractivity contribution >= 4 is 17.5 Å². The molecule has 1 aromatic rings. The maximum Gasteiger partial charge on any atom is 0.238 e. The average Bonchev–Trinajstić information content (AvgIpc) is 3.50. The second-order valence-corrected chi connectivity index (χ2v) is 7.99. The van der Waals surface area contributed by atoms with Crippen LogP contribution in [0.5, 0.6) is 0 Å². The number of nitrogens with two attached hydrogens (primary N) is 1. The summed E-state index contributed by atoms with van der Waals surface area (Å²) in [5, 5.41) is 0. The monoisotopic (exact) mass is 374 g/mol. The Morgan fingerprint density at radius 2 is 1.70 bits per heavy atom. The number of rotatable bonds is 4. The molecule has 1 aliphatic carbocycles. The molecule has 146 valence electrons. The average molecular weight is 374 g/mol. The normalized spacial score (nSPS) is 25.3. The van der Waals surface area contributed by atoms with E-state index in [1.165, 1.54) is 12.1 Å². The lowest BCUT2D eigenvalue weighted by Gasteiger charge is -2.44. The van der Waals surface area contributed by atoms with Gasteiger partial charge < -0.3 is 15.5 Å². The Hall–Kier alpha value is -2.15. The van der Waals surface area contributed by atoms with Gasteiger partial charge in [-0.1, -0.05) is 0 Å². The molecule has 3 aliphatic rings. The Morgan fingerprint density at radius 3 is 2.30 bits per heavy atom. The van der Waals surface area contributed by atoms with Crippen LogP contribution in [0.1, 0.15) is 25.7 Å². The number of anilines is 1. The van der Waals surface area contributed by atoms with Gasteiger partial charge in [-0.2, -0.15) is 0 Å². The van der Waals surface area contributed by atoms with Crippen molar-refractivity contribution in [3.63, 3.8) is 0 Å². The van der Waals surface area contributed by atoms with Crippen LogP contribution in [0.3, 0.4) is 0 Å². The summed E-state index contributed by atoms with van der Waals surface area (Å²) in [6.45, 7) is 5.03. The maximum atomic E-state index is 13.1. The molecule has 3 fully saturated rings. The number of carbonyl (C=O) groups is 2. The van der Waals surface area contributed by atoms with Crippen molar-refractivity contribution in [2.75, 3.05) is 44.2 Å². The van der Waals surface area contributed by atoms with Crippen LogP contribution in [-0.2, 0) is 9.59 Å². The molecule has 1 unspecified atom stereocenters. The smallest absolute Gasteiger partial charge is 0.238 e. The third-order valence-electron chi connectivity index (χ3n) is 6.34. The highest BCUT2D eigenvalue weighted by molar-refractivity contribution is 6.07. The largest absolute Gasteiger partial charge is 0.369 e. The van der Waals surface area contributed by atoms with E-state index in [-0.39, 0.29) is 11.7 Å². The Balaban J connectivity index is 1.34. The number of carbonyl (C=O) groups excluding carboxylic acids is 2. The molecule has 0 aromatic heterocycles. The zero-order chi connectivity index (χ0) is 19.0. The molecule has 1 atom stereocenters. The molecular formula is C20H27FN4O2. The highest BCUT2D eigenvalue weighted by Gasteiger charge is 2.57. The second kappa shape index (κ2) is 7.11. The van der Waals surface area contributed by atoms with Crippen molar-refractivity contribution < 1.29 is 14.0 Å². The maximum absolute atomic E-state index is 13.1. The van der Waals surface area contributed by atoms with Gasteiger partial charge in [-0.15, -0.1) is 0 Å². The van der Waals surface area contributed by atoms with Gasteiger partial charge in [0, 0.05) is 51.0 Å². The number of hydrogen-bond acceptors (Lipinski definition) is 4. The topological polar surface area (TPSA) is 69.9 Å². The van der Waals surface area contributed by atoms with Crippen molar-refractivity contribution in [1.29, 1.82) is 0 Å². The zero-order valence-electron chi connectivity index (χ0n) is 15.6. The highest BCUT2D eigenvalue weighted by atomic mass is 19.1. The Kier molecular flexibility index (Phi) is 4.80. The van der Waals surface area contributed by atoms with E-state index in [9.17, 15) is 14.0 Å². The predicted octanol–water partition coefficient (Wildman–Crippen LogP) is 1.20. The van der Waals surface area contributed by atoms with Crippen molar-refractivity contribution in [2.45, 2.75) is 31.7 Å². The third kappa shape index (κ3) is 3.52. The molecular weight excluding hydrogens is 347 g/mol. The predicted molar refractivity (Wildman–Crippen MR) is 101 cm³/mol. The molecule has 2 amide bonds. The van der Waals surface area contributed by atoms with E-state index in [1.807, 2.05) is 17.0 Å². The summed E-state index contributed by atoms with van der Waals surface area (Å²) >= 11 is 0. The lowest BCUT2D eigenvalue weighted by molar-refractivity contribution is -0.144. The van der Waals surface area contributed by atoms with Crippen LogP contribution in [0.25, 0.3) is 0 Å². The van der Waals surface area contributed by atoms with Crippen molar-refractivity contribution in [1.82, 2.24) is 9.80 Å². The molecule has 1 aromatic carbocycles. The van der Waals surface area contributed by atoms with Crippen LogP contribution < -0.4 is 10.6 Å². The van der Waals surface area contributed by atoms with E-state index in [0.29, 0.717) is 25.4 Å². The van der Waals surface area contributed by atoms with E-state index in [1.54, 1.807) is 0 Å². The molecule has 2 N–H and O–H groups in total. The molecule has 0 spiro atoms. The number of piperidine rings is 1. The Bertz CT molecular complexity index is 711. The Morgan fingerprint density at radius 1 is 1.04 bits per heavy atom. The summed E-state index contributed by atoms with van der Waals surface area (Å²) in [6, 6.07) is 6.98. The molecule has 0 bridgehead atoms. The van der Waals surface area contributed by atoms with E-state index in [0.717, 1.165) is 51.3 Å². The zero-order valence-corrected chi connectivity index (χ0v) is 15.6. The summed E-state index contributed by atoms with van der Waals surface area (Å²) in [4.78, 5) is 31.0. The lowest BCUT2D eigenvalue weighted by Crippen LogP contribution is -2.57. The first kappa shape index (κ1) is 18.2. The minimum Gasteiger partial charge on any atom is -0.369 e. The van der Waals surface area contributed by atoms with Gasteiger partial charge >= 0.3 is 0 Å². The minimum atomic E-state index is -0.914. The molecule has 2 heterocycles. The van der Waals surface area contributed by atoms with Gasteiger partial charge in [-0.05, 0) is 49.9 Å². The van der Waals surface area contributed by atoms with Crippen molar-refractivity contribution in [3.8, 4) is 0 Å². The molecule has 2 saturated heterocycles. The SMILES string of the molecule is NC(=O)C1(C(=O)N2CCCC(N3CCN(c4ccc(F)cc4)CC3)C2)CC1. The van der Waals surface area contributed by atoms with E-state index < -0.39 is 11.3 Å². The van der Waals surface area contributed by atoms with Crippen LogP contribution in [0, 0.1) is 11.2 Å². The van der Waals surface area contributed by atoms with Gasteiger partial charge in [-0.25, -0.2) is 4.39 Å². The first-order chi connectivity index (χ1) is 13.0. The molecule has 1 saturated carbocycles. The lowest BCUT2D eigenvalue weighted by atomic mass is 9.98. The van der Waals surface area contributed by atoms with Crippen LogP contribution >= 0.6 is 0 Å². The molecule has 4 rings (SSSR count). The van der Waals surface area contributed by atoms with Gasteiger partial charge in [0.05, 0.1) is 0 Å². The van der Waals surface area contributed by atoms with E-state index in [2.05, 4.69) is 9.80 Å². The standard InChI is InChI=1S/C20H27FN4O2/c21-15-3-5-16(6-4-15)23-10-12-24(13-11-23)17-2-1-9-25(14-17)19(27)20(7-8-20)18(22)26/h3-6,17H,1-2,7-14H2,(H2,22,26). The first-order valence-electron chi connectivity index (χ1n) is 9.83. The van der Waals surface area contributed by atoms with Gasteiger partial charge in [0.1, 0.15) is 11.2 Å². The van der Waals surface area contributed by atoms with E-state index >= 15 is 0 Å². The van der Waals surface area contributed by atoms with Crippen molar-refractivity contribution in [2.24, 2.45) is 11.1 Å². The van der Waals surface area contributed by atoms with Crippen LogP contribution in [0.15, 0.2) is 24.3 Å². The van der Waals surface area contributed by atoms with Crippen LogP contribution in [-0.4, -0.2) is 66.9 Å². The fraction of sp³-hybridized carbons (Fsp3) is 0.600. The summed E-state index contributed by atoms with van der Waals surface area (Å²) in [7, 11) is 0. The number of piperazine rings is 1. The quantitative estimate of drug-likeness (QED) is 0.804. The summed E-state index contributed by atoms with van der Waals surface area (Å²) in [5.74, 6) is -0.749. The fourth-order valence-electron chi connectivity index (χ4n) is 4.43. The number of benzene rings is 1. The fourth-order valence-corrected chi connectivity index (χ4v) is 4.43. The van der Waals surface area contributed by atoms with Gasteiger partial charge in [0.15, 0.2) is 0 Å². The number of halogens is 1. The van der Waals surface area contributed by atoms with Crippen molar-refractivity contribution in [3.05, 3.63) is 30.1 Å². The number of likely N-dealkylation sites (tertiary alicyclic amines) is 1. The third-order valence-corrected chi connectivity index (χ3v) is 6.34. The summed E-state index contributed by atoms with van der Waals surface area (Å²) < 4.78 is 13.1. The number of primary amides is 1.